The molecule has 5 N–H and O–H groups in total. The van der Waals surface area contributed by atoms with Crippen molar-refractivity contribution in [2.24, 2.45) is 22.4 Å². The summed E-state index contributed by atoms with van der Waals surface area (Å²) in [5.41, 5.74) is 10.7. The van der Waals surface area contributed by atoms with Crippen LogP contribution in [0.25, 0.3) is 10.8 Å². The lowest BCUT2D eigenvalue weighted by Gasteiger charge is -2.10. The molecule has 9 nitrogen and oxygen atoms in total. The maximum atomic E-state index is 12.3. The van der Waals surface area contributed by atoms with Crippen molar-refractivity contribution in [2.75, 3.05) is 0 Å². The van der Waals surface area contributed by atoms with Gasteiger partial charge in [-0.2, -0.15) is 4.99 Å². The standard InChI is InChI=1S/C14H16ClN5O4S/c1-7(2)13(21)24-20-25(22,23)8-3-4-9-10(5-8)12(19-14(16)17)18-6-11(9)15/h3-7,20H,1-2H3,(H4,16,17,18,19). The van der Waals surface area contributed by atoms with Gasteiger partial charge in [0.25, 0.3) is 10.0 Å². The van der Waals surface area contributed by atoms with E-state index in [4.69, 9.17) is 23.1 Å². The maximum absolute atomic E-state index is 12.3. The molecule has 0 spiro atoms. The largest absolute Gasteiger partial charge is 0.370 e. The summed E-state index contributed by atoms with van der Waals surface area (Å²) in [6, 6.07) is 4.06. The van der Waals surface area contributed by atoms with E-state index in [1.54, 1.807) is 18.7 Å². The van der Waals surface area contributed by atoms with Crippen molar-refractivity contribution in [1.29, 1.82) is 0 Å². The van der Waals surface area contributed by atoms with Crippen LogP contribution in [0, 0.1) is 5.92 Å². The molecule has 11 heteroatoms. The highest BCUT2D eigenvalue weighted by molar-refractivity contribution is 7.89. The first-order valence-corrected chi connectivity index (χ1v) is 8.88. The van der Waals surface area contributed by atoms with E-state index in [2.05, 4.69) is 14.8 Å². The number of hydrogen-bond acceptors (Lipinski definition) is 6. The molecular formula is C14H16ClN5O4S. The molecule has 2 aromatic rings. The molecule has 0 aliphatic carbocycles. The number of halogens is 1. The number of guanidine groups is 1. The predicted octanol–water partition coefficient (Wildman–Crippen LogP) is 1.19. The van der Waals surface area contributed by atoms with E-state index in [0.717, 1.165) is 0 Å². The van der Waals surface area contributed by atoms with Gasteiger partial charge in [-0.05, 0) is 17.0 Å². The molecule has 25 heavy (non-hydrogen) atoms. The monoisotopic (exact) mass is 385 g/mol. The summed E-state index contributed by atoms with van der Waals surface area (Å²) in [7, 11) is -4.11. The fourth-order valence-corrected chi connectivity index (χ4v) is 2.84. The van der Waals surface area contributed by atoms with Gasteiger partial charge in [-0.1, -0.05) is 31.5 Å². The molecule has 1 aromatic carbocycles. The molecule has 0 fully saturated rings. The predicted molar refractivity (Wildman–Crippen MR) is 93.5 cm³/mol. The van der Waals surface area contributed by atoms with E-state index >= 15 is 0 Å². The van der Waals surface area contributed by atoms with Crippen LogP contribution >= 0.6 is 11.6 Å². The van der Waals surface area contributed by atoms with Gasteiger partial charge in [0.05, 0.1) is 15.8 Å². The van der Waals surface area contributed by atoms with Crippen molar-refractivity contribution in [2.45, 2.75) is 18.7 Å². The van der Waals surface area contributed by atoms with Gasteiger partial charge in [0.1, 0.15) is 0 Å². The number of nitrogens with zero attached hydrogens (tertiary/aromatic N) is 2. The van der Waals surface area contributed by atoms with Gasteiger partial charge >= 0.3 is 5.97 Å². The Bertz CT molecular complexity index is 955. The molecule has 0 aliphatic rings. The summed E-state index contributed by atoms with van der Waals surface area (Å²) in [4.78, 5) is 25.4. The third-order valence-electron chi connectivity index (χ3n) is 3.06. The number of sulfonamides is 1. The van der Waals surface area contributed by atoms with Crippen LogP contribution in [-0.4, -0.2) is 25.3 Å². The van der Waals surface area contributed by atoms with Crippen LogP contribution in [0.1, 0.15) is 13.8 Å². The number of pyridine rings is 1. The average Bonchev–Trinajstić information content (AvgIpc) is 2.54. The summed E-state index contributed by atoms with van der Waals surface area (Å²) < 4.78 is 24.6. The number of carbonyl (C=O) groups excluding carboxylic acids is 1. The molecule has 2 rings (SSSR count). The van der Waals surface area contributed by atoms with E-state index in [-0.39, 0.29) is 16.7 Å². The Labute approximate surface area is 149 Å². The molecule has 0 saturated heterocycles. The number of fused-ring (bicyclic) bond motifs is 1. The molecule has 134 valence electrons. The number of benzene rings is 1. The Hall–Kier alpha value is -2.43. The number of nitrogens with one attached hydrogen (secondary N) is 1. The van der Waals surface area contributed by atoms with E-state index in [9.17, 15) is 13.2 Å². The molecule has 1 heterocycles. The molecule has 0 bridgehead atoms. The lowest BCUT2D eigenvalue weighted by Crippen LogP contribution is -2.29. The molecular weight excluding hydrogens is 370 g/mol. The third kappa shape index (κ3) is 4.35. The van der Waals surface area contributed by atoms with Crippen molar-refractivity contribution in [3.05, 3.63) is 29.4 Å². The van der Waals surface area contributed by atoms with Crippen LogP contribution in [0.15, 0.2) is 34.3 Å². The highest BCUT2D eigenvalue weighted by Crippen LogP contribution is 2.31. The molecule has 0 radical (unpaired) electrons. The molecule has 0 aliphatic heterocycles. The maximum Gasteiger partial charge on any atom is 0.328 e. The van der Waals surface area contributed by atoms with Crippen molar-refractivity contribution in [3.63, 3.8) is 0 Å². The first-order valence-electron chi connectivity index (χ1n) is 7.02. The van der Waals surface area contributed by atoms with Crippen LogP contribution in [0.5, 0.6) is 0 Å². The van der Waals surface area contributed by atoms with Crippen LogP contribution in [-0.2, 0) is 19.7 Å². The van der Waals surface area contributed by atoms with E-state index in [1.807, 2.05) is 0 Å². The van der Waals surface area contributed by atoms with Gasteiger partial charge in [-0.25, -0.2) is 13.4 Å². The van der Waals surface area contributed by atoms with Crippen molar-refractivity contribution >= 4 is 50.1 Å². The smallest absolute Gasteiger partial charge is 0.328 e. The fraction of sp³-hybridized carbons (Fsp3) is 0.214. The van der Waals surface area contributed by atoms with Crippen molar-refractivity contribution in [1.82, 2.24) is 9.87 Å². The summed E-state index contributed by atoms with van der Waals surface area (Å²) in [5, 5.41) is 1.13. The number of rotatable bonds is 5. The molecule has 0 amide bonds. The van der Waals surface area contributed by atoms with Gasteiger partial charge in [-0.3, -0.25) is 4.79 Å². The minimum atomic E-state index is -4.11. The number of hydrogen-bond donors (Lipinski definition) is 3. The summed E-state index contributed by atoms with van der Waals surface area (Å²) in [5.74, 6) is -1.34. The van der Waals surface area contributed by atoms with E-state index in [0.29, 0.717) is 15.8 Å². The molecule has 0 unspecified atom stereocenters. The summed E-state index contributed by atoms with van der Waals surface area (Å²) >= 11 is 6.06. The van der Waals surface area contributed by atoms with Gasteiger partial charge in [-0.15, -0.1) is 0 Å². The number of carbonyl (C=O) groups is 1. The highest BCUT2D eigenvalue weighted by Gasteiger charge is 2.20. The van der Waals surface area contributed by atoms with Crippen LogP contribution in [0.4, 0.5) is 5.82 Å². The van der Waals surface area contributed by atoms with Gasteiger partial charge in [0.2, 0.25) is 0 Å². The number of nitrogens with two attached hydrogens (primary N) is 2. The Morgan fingerprint density at radius 1 is 1.32 bits per heavy atom. The first kappa shape index (κ1) is 18.9. The summed E-state index contributed by atoms with van der Waals surface area (Å²) in [6.07, 6.45) is 1.35. The average molecular weight is 386 g/mol. The molecule has 0 atom stereocenters. The quantitative estimate of drug-likeness (QED) is 0.397. The zero-order valence-corrected chi connectivity index (χ0v) is 14.9. The first-order chi connectivity index (χ1) is 11.6. The van der Waals surface area contributed by atoms with Crippen LogP contribution < -0.4 is 16.4 Å². The van der Waals surface area contributed by atoms with Crippen molar-refractivity contribution in [3.8, 4) is 0 Å². The SMILES string of the molecule is CC(C)C(=O)ONS(=O)(=O)c1ccc2c(Cl)cnc(N=C(N)N)c2c1. The van der Waals surface area contributed by atoms with Crippen LogP contribution in [0.3, 0.4) is 0 Å². The Morgan fingerprint density at radius 3 is 2.60 bits per heavy atom. The Balaban J connectivity index is 2.49. The van der Waals surface area contributed by atoms with E-state index in [1.165, 1.54) is 24.4 Å². The topological polar surface area (TPSA) is 150 Å². The Morgan fingerprint density at radius 2 is 2.00 bits per heavy atom. The number of aromatic nitrogens is 1. The number of aliphatic imine (C=N–C) groups is 1. The minimum absolute atomic E-state index is 0.107. The lowest BCUT2D eigenvalue weighted by atomic mass is 10.1. The van der Waals surface area contributed by atoms with Gasteiger partial charge < -0.3 is 16.3 Å². The van der Waals surface area contributed by atoms with Gasteiger partial charge in [0.15, 0.2) is 11.8 Å². The third-order valence-corrected chi connectivity index (χ3v) is 4.54. The zero-order valence-electron chi connectivity index (χ0n) is 13.4. The highest BCUT2D eigenvalue weighted by atomic mass is 35.5. The van der Waals surface area contributed by atoms with Crippen molar-refractivity contribution < 1.29 is 18.0 Å². The Kier molecular flexibility index (Phi) is 5.45. The summed E-state index contributed by atoms with van der Waals surface area (Å²) in [6.45, 7) is 3.14. The van der Waals surface area contributed by atoms with Gasteiger partial charge in [0, 0.05) is 17.0 Å². The second-order valence-electron chi connectivity index (χ2n) is 5.34. The lowest BCUT2D eigenvalue weighted by molar-refractivity contribution is -0.150. The van der Waals surface area contributed by atoms with E-state index < -0.39 is 21.9 Å². The fourth-order valence-electron chi connectivity index (χ4n) is 1.81. The second kappa shape index (κ2) is 7.21. The zero-order chi connectivity index (χ0) is 18.8. The molecule has 0 saturated carbocycles. The molecule has 1 aromatic heterocycles. The van der Waals surface area contributed by atoms with Crippen LogP contribution in [0.2, 0.25) is 5.02 Å². The second-order valence-corrected chi connectivity index (χ2v) is 7.39. The normalized spacial score (nSPS) is 11.5. The minimum Gasteiger partial charge on any atom is -0.370 e.